The summed E-state index contributed by atoms with van der Waals surface area (Å²) in [5.41, 5.74) is 0.161. The van der Waals surface area contributed by atoms with Crippen molar-refractivity contribution < 1.29 is 4.79 Å². The molecular formula is C12H25NO. The molecule has 14 heavy (non-hydrogen) atoms. The Bertz CT molecular complexity index is 175. The van der Waals surface area contributed by atoms with E-state index in [1.807, 2.05) is 11.9 Å². The normalized spacial score (nSPS) is 11.5. The van der Waals surface area contributed by atoms with E-state index in [2.05, 4.69) is 27.7 Å². The largest absolute Gasteiger partial charge is 0.346 e. The lowest BCUT2D eigenvalue weighted by Crippen LogP contribution is -2.31. The third-order valence-corrected chi connectivity index (χ3v) is 2.54. The van der Waals surface area contributed by atoms with E-state index in [4.69, 9.17) is 0 Å². The fraction of sp³-hybridized carbons (Fsp3) is 0.917. The van der Waals surface area contributed by atoms with E-state index in [1.165, 1.54) is 0 Å². The summed E-state index contributed by atoms with van der Waals surface area (Å²) in [5, 5.41) is 0. The molecule has 2 heteroatoms. The van der Waals surface area contributed by atoms with Gasteiger partial charge in [-0.05, 0) is 18.3 Å². The van der Waals surface area contributed by atoms with E-state index in [0.717, 1.165) is 25.8 Å². The van der Waals surface area contributed by atoms with E-state index >= 15 is 0 Å². The van der Waals surface area contributed by atoms with Gasteiger partial charge in [-0.2, -0.15) is 0 Å². The molecule has 0 spiro atoms. The molecule has 1 amide bonds. The number of hydrogen-bond donors (Lipinski definition) is 0. The van der Waals surface area contributed by atoms with Gasteiger partial charge in [-0.1, -0.05) is 34.1 Å². The molecule has 0 rings (SSSR count). The molecule has 0 aliphatic carbocycles. The first kappa shape index (κ1) is 13.5. The van der Waals surface area contributed by atoms with Crippen LogP contribution in [0.2, 0.25) is 0 Å². The van der Waals surface area contributed by atoms with E-state index in [1.54, 1.807) is 0 Å². The predicted octanol–water partition coefficient (Wildman–Crippen LogP) is 3.07. The molecule has 0 bridgehead atoms. The number of nitrogens with zero attached hydrogens (tertiary/aromatic N) is 1. The Morgan fingerprint density at radius 3 is 2.21 bits per heavy atom. The Kier molecular flexibility index (Phi) is 5.82. The average molecular weight is 199 g/mol. The monoisotopic (exact) mass is 199 g/mol. The topological polar surface area (TPSA) is 20.3 Å². The summed E-state index contributed by atoms with van der Waals surface area (Å²) >= 11 is 0. The fourth-order valence-corrected chi connectivity index (χ4v) is 1.77. The van der Waals surface area contributed by atoms with Crippen molar-refractivity contribution in [3.63, 3.8) is 0 Å². The lowest BCUT2D eigenvalue weighted by molar-refractivity contribution is -0.132. The highest BCUT2D eigenvalue weighted by Crippen LogP contribution is 2.27. The van der Waals surface area contributed by atoms with E-state index in [0.29, 0.717) is 6.42 Å². The smallest absolute Gasteiger partial charge is 0.222 e. The molecule has 0 aromatic carbocycles. The Hall–Kier alpha value is -0.530. The summed E-state index contributed by atoms with van der Waals surface area (Å²) in [6.07, 6.45) is 3.99. The molecule has 0 saturated heterocycles. The first-order chi connectivity index (χ1) is 6.43. The summed E-state index contributed by atoms with van der Waals surface area (Å²) in [6.45, 7) is 9.49. The lowest BCUT2D eigenvalue weighted by Gasteiger charge is -2.26. The van der Waals surface area contributed by atoms with Crippen LogP contribution in [-0.2, 0) is 4.79 Å². The molecule has 0 fully saturated rings. The zero-order chi connectivity index (χ0) is 11.2. The maximum Gasteiger partial charge on any atom is 0.222 e. The van der Waals surface area contributed by atoms with Gasteiger partial charge in [0.1, 0.15) is 0 Å². The second-order valence-electron chi connectivity index (χ2n) is 4.91. The van der Waals surface area contributed by atoms with Crippen molar-refractivity contribution in [1.29, 1.82) is 0 Å². The number of amides is 1. The second kappa shape index (κ2) is 6.05. The van der Waals surface area contributed by atoms with Crippen LogP contribution >= 0.6 is 0 Å². The van der Waals surface area contributed by atoms with E-state index < -0.39 is 0 Å². The van der Waals surface area contributed by atoms with Crippen molar-refractivity contribution in [2.75, 3.05) is 13.6 Å². The molecular weight excluding hydrogens is 174 g/mol. The van der Waals surface area contributed by atoms with Gasteiger partial charge in [0.25, 0.3) is 0 Å². The summed E-state index contributed by atoms with van der Waals surface area (Å²) in [4.78, 5) is 13.6. The first-order valence-electron chi connectivity index (χ1n) is 5.67. The van der Waals surface area contributed by atoms with E-state index in [9.17, 15) is 4.79 Å². The maximum absolute atomic E-state index is 11.7. The highest BCUT2D eigenvalue weighted by atomic mass is 16.2. The Morgan fingerprint density at radius 1 is 1.21 bits per heavy atom. The summed E-state index contributed by atoms with van der Waals surface area (Å²) in [5.74, 6) is 0.283. The average Bonchev–Trinajstić information content (AvgIpc) is 2.03. The lowest BCUT2D eigenvalue weighted by atomic mass is 9.84. The van der Waals surface area contributed by atoms with E-state index in [-0.39, 0.29) is 11.3 Å². The molecule has 0 aromatic rings. The van der Waals surface area contributed by atoms with Crippen molar-refractivity contribution in [1.82, 2.24) is 4.90 Å². The summed E-state index contributed by atoms with van der Waals surface area (Å²) < 4.78 is 0. The van der Waals surface area contributed by atoms with Gasteiger partial charge in [-0.15, -0.1) is 0 Å². The SMILES string of the molecule is CCCN(C)C(=O)CC(C)(C)CCC. The summed E-state index contributed by atoms with van der Waals surface area (Å²) in [6, 6.07) is 0. The Balaban J connectivity index is 4.03. The predicted molar refractivity (Wildman–Crippen MR) is 61.2 cm³/mol. The standard InChI is InChI=1S/C12H25NO/c1-6-8-12(3,4)10-11(14)13(5)9-7-2/h6-10H2,1-5H3. The molecule has 0 saturated carbocycles. The minimum atomic E-state index is 0.161. The van der Waals surface area contributed by atoms with Crippen LogP contribution in [0.25, 0.3) is 0 Å². The third kappa shape index (κ3) is 5.25. The minimum Gasteiger partial charge on any atom is -0.346 e. The van der Waals surface area contributed by atoms with Gasteiger partial charge >= 0.3 is 0 Å². The zero-order valence-electron chi connectivity index (χ0n) is 10.4. The second-order valence-corrected chi connectivity index (χ2v) is 4.91. The van der Waals surface area contributed by atoms with Gasteiger partial charge in [0.15, 0.2) is 0 Å². The Labute approximate surface area is 88.7 Å². The molecule has 0 aromatic heterocycles. The number of rotatable bonds is 6. The van der Waals surface area contributed by atoms with Crippen molar-refractivity contribution in [3.05, 3.63) is 0 Å². The van der Waals surface area contributed by atoms with Gasteiger partial charge in [-0.3, -0.25) is 4.79 Å². The third-order valence-electron chi connectivity index (χ3n) is 2.54. The van der Waals surface area contributed by atoms with Gasteiger partial charge in [-0.25, -0.2) is 0 Å². The van der Waals surface area contributed by atoms with Crippen LogP contribution in [0, 0.1) is 5.41 Å². The van der Waals surface area contributed by atoms with Gasteiger partial charge in [0.2, 0.25) is 5.91 Å². The molecule has 2 nitrogen and oxygen atoms in total. The zero-order valence-corrected chi connectivity index (χ0v) is 10.4. The molecule has 0 N–H and O–H groups in total. The molecule has 0 radical (unpaired) electrons. The number of carbonyl (C=O) groups excluding carboxylic acids is 1. The number of hydrogen-bond acceptors (Lipinski definition) is 1. The van der Waals surface area contributed by atoms with Crippen molar-refractivity contribution in [2.45, 2.75) is 53.4 Å². The van der Waals surface area contributed by atoms with Gasteiger partial charge < -0.3 is 4.90 Å². The van der Waals surface area contributed by atoms with Crippen molar-refractivity contribution >= 4 is 5.91 Å². The van der Waals surface area contributed by atoms with Crippen LogP contribution < -0.4 is 0 Å². The van der Waals surface area contributed by atoms with Crippen LogP contribution in [0.3, 0.4) is 0 Å². The molecule has 0 aliphatic heterocycles. The van der Waals surface area contributed by atoms with Crippen LogP contribution in [0.1, 0.15) is 53.4 Å². The number of carbonyl (C=O) groups is 1. The van der Waals surface area contributed by atoms with Crippen LogP contribution in [-0.4, -0.2) is 24.4 Å². The first-order valence-corrected chi connectivity index (χ1v) is 5.67. The quantitative estimate of drug-likeness (QED) is 0.644. The molecule has 0 aliphatic rings. The van der Waals surface area contributed by atoms with Gasteiger partial charge in [0.05, 0.1) is 0 Å². The van der Waals surface area contributed by atoms with Crippen molar-refractivity contribution in [2.24, 2.45) is 5.41 Å². The molecule has 0 unspecified atom stereocenters. The fourth-order valence-electron chi connectivity index (χ4n) is 1.77. The van der Waals surface area contributed by atoms with Gasteiger partial charge in [0, 0.05) is 20.0 Å². The van der Waals surface area contributed by atoms with Crippen LogP contribution in [0.5, 0.6) is 0 Å². The summed E-state index contributed by atoms with van der Waals surface area (Å²) in [7, 11) is 1.90. The van der Waals surface area contributed by atoms with Crippen LogP contribution in [0.15, 0.2) is 0 Å². The maximum atomic E-state index is 11.7. The van der Waals surface area contributed by atoms with Crippen LogP contribution in [0.4, 0.5) is 0 Å². The highest BCUT2D eigenvalue weighted by Gasteiger charge is 2.22. The molecule has 0 heterocycles. The molecule has 0 atom stereocenters. The Morgan fingerprint density at radius 2 is 1.79 bits per heavy atom. The minimum absolute atomic E-state index is 0.161. The molecule has 84 valence electrons. The highest BCUT2D eigenvalue weighted by molar-refractivity contribution is 5.76. The van der Waals surface area contributed by atoms with Crippen molar-refractivity contribution in [3.8, 4) is 0 Å².